The Morgan fingerprint density at radius 2 is 1.93 bits per heavy atom. The van der Waals surface area contributed by atoms with E-state index in [2.05, 4.69) is 25.7 Å². The SMILES string of the molecule is O=C1NC[C@@H](Cc2nnc(-c3ccccc3)o2)N2C[C@@H](NC3CCCCC3)C[C@@H]12. The average molecular weight is 396 g/mol. The Bertz CT molecular complexity index is 833. The van der Waals surface area contributed by atoms with Crippen molar-refractivity contribution in [3.63, 3.8) is 0 Å². The second-order valence-electron chi connectivity index (χ2n) is 8.62. The minimum Gasteiger partial charge on any atom is -0.421 e. The number of rotatable bonds is 5. The first kappa shape index (κ1) is 18.8. The summed E-state index contributed by atoms with van der Waals surface area (Å²) in [6.45, 7) is 1.55. The van der Waals surface area contributed by atoms with Gasteiger partial charge in [-0.15, -0.1) is 10.2 Å². The predicted octanol–water partition coefficient (Wildman–Crippen LogP) is 2.14. The normalized spacial score (nSPS) is 28.3. The first-order valence-electron chi connectivity index (χ1n) is 10.9. The molecule has 7 nitrogen and oxygen atoms in total. The second kappa shape index (κ2) is 8.24. The third-order valence-electron chi connectivity index (χ3n) is 6.60. The second-order valence-corrected chi connectivity index (χ2v) is 8.62. The molecule has 0 spiro atoms. The van der Waals surface area contributed by atoms with Gasteiger partial charge < -0.3 is 15.1 Å². The molecule has 2 N–H and O–H groups in total. The van der Waals surface area contributed by atoms with Gasteiger partial charge in [0, 0.05) is 43.2 Å². The van der Waals surface area contributed by atoms with Gasteiger partial charge in [0.25, 0.3) is 0 Å². The number of carbonyl (C=O) groups is 1. The molecule has 0 radical (unpaired) electrons. The quantitative estimate of drug-likeness (QED) is 0.807. The van der Waals surface area contributed by atoms with E-state index >= 15 is 0 Å². The van der Waals surface area contributed by atoms with Gasteiger partial charge in [-0.1, -0.05) is 37.5 Å². The Balaban J connectivity index is 1.25. The zero-order valence-corrected chi connectivity index (χ0v) is 16.7. The third-order valence-corrected chi connectivity index (χ3v) is 6.60. The maximum Gasteiger partial charge on any atom is 0.247 e. The Morgan fingerprint density at radius 3 is 2.76 bits per heavy atom. The number of nitrogens with zero attached hydrogens (tertiary/aromatic N) is 3. The molecule has 1 saturated carbocycles. The minimum atomic E-state index is -0.0497. The van der Waals surface area contributed by atoms with Crippen LogP contribution in [-0.4, -0.2) is 58.3 Å². The fourth-order valence-corrected chi connectivity index (χ4v) is 5.12. The molecule has 29 heavy (non-hydrogen) atoms. The Hall–Kier alpha value is -2.25. The lowest BCUT2D eigenvalue weighted by atomic mass is 9.94. The van der Waals surface area contributed by atoms with Gasteiger partial charge in [0.2, 0.25) is 17.7 Å². The maximum atomic E-state index is 12.5. The van der Waals surface area contributed by atoms with Crippen molar-refractivity contribution in [2.75, 3.05) is 13.1 Å². The Kier molecular flexibility index (Phi) is 5.33. The molecule has 3 aliphatic rings. The summed E-state index contributed by atoms with van der Waals surface area (Å²) in [6.07, 6.45) is 8.08. The summed E-state index contributed by atoms with van der Waals surface area (Å²) in [5.41, 5.74) is 0.930. The number of hydrogen-bond donors (Lipinski definition) is 2. The van der Waals surface area contributed by atoms with E-state index in [-0.39, 0.29) is 18.0 Å². The molecule has 3 atom stereocenters. The fourth-order valence-electron chi connectivity index (χ4n) is 5.12. The smallest absolute Gasteiger partial charge is 0.247 e. The van der Waals surface area contributed by atoms with Gasteiger partial charge >= 0.3 is 0 Å². The van der Waals surface area contributed by atoms with Crippen LogP contribution in [0.5, 0.6) is 0 Å². The molecule has 1 aromatic heterocycles. The lowest BCUT2D eigenvalue weighted by molar-refractivity contribution is -0.129. The molecule has 1 aliphatic carbocycles. The number of fused-ring (bicyclic) bond motifs is 1. The van der Waals surface area contributed by atoms with Crippen LogP contribution in [0.1, 0.15) is 44.4 Å². The molecule has 2 saturated heterocycles. The van der Waals surface area contributed by atoms with Crippen molar-refractivity contribution < 1.29 is 9.21 Å². The Labute approximate surface area is 171 Å². The highest BCUT2D eigenvalue weighted by atomic mass is 16.4. The number of aromatic nitrogens is 2. The van der Waals surface area contributed by atoms with Crippen LogP contribution >= 0.6 is 0 Å². The van der Waals surface area contributed by atoms with Crippen LogP contribution in [0.2, 0.25) is 0 Å². The number of hydrogen-bond acceptors (Lipinski definition) is 6. The van der Waals surface area contributed by atoms with Crippen molar-refractivity contribution in [1.29, 1.82) is 0 Å². The van der Waals surface area contributed by atoms with Crippen molar-refractivity contribution in [1.82, 2.24) is 25.7 Å². The Morgan fingerprint density at radius 1 is 1.10 bits per heavy atom. The number of piperazine rings is 1. The lowest BCUT2D eigenvalue weighted by Crippen LogP contribution is -2.58. The average Bonchev–Trinajstić information content (AvgIpc) is 3.39. The minimum absolute atomic E-state index is 0.0497. The molecule has 2 aliphatic heterocycles. The van der Waals surface area contributed by atoms with E-state index in [1.807, 2.05) is 30.3 Å². The highest BCUT2D eigenvalue weighted by Gasteiger charge is 2.44. The summed E-state index contributed by atoms with van der Waals surface area (Å²) in [5.74, 6) is 1.34. The van der Waals surface area contributed by atoms with E-state index < -0.39 is 0 Å². The molecule has 3 fully saturated rings. The van der Waals surface area contributed by atoms with Gasteiger partial charge in [-0.2, -0.15) is 0 Å². The summed E-state index contributed by atoms with van der Waals surface area (Å²) < 4.78 is 5.92. The van der Waals surface area contributed by atoms with Gasteiger partial charge in [0.1, 0.15) is 0 Å². The van der Waals surface area contributed by atoms with Crippen LogP contribution in [0.3, 0.4) is 0 Å². The van der Waals surface area contributed by atoms with Crippen LogP contribution < -0.4 is 10.6 Å². The monoisotopic (exact) mass is 395 g/mol. The van der Waals surface area contributed by atoms with E-state index in [1.165, 1.54) is 32.1 Å². The highest BCUT2D eigenvalue weighted by molar-refractivity contribution is 5.83. The van der Waals surface area contributed by atoms with E-state index in [1.54, 1.807) is 0 Å². The van der Waals surface area contributed by atoms with Crippen LogP contribution in [0, 0.1) is 0 Å². The summed E-state index contributed by atoms with van der Waals surface area (Å²) in [5, 5.41) is 15.4. The number of amides is 1. The van der Waals surface area contributed by atoms with Crippen LogP contribution in [0.25, 0.3) is 11.5 Å². The topological polar surface area (TPSA) is 83.3 Å². The van der Waals surface area contributed by atoms with Gasteiger partial charge in [-0.3, -0.25) is 9.69 Å². The molecular formula is C22H29N5O2. The zero-order chi connectivity index (χ0) is 19.6. The molecule has 0 bridgehead atoms. The molecular weight excluding hydrogens is 366 g/mol. The summed E-state index contributed by atoms with van der Waals surface area (Å²) in [4.78, 5) is 14.8. The molecule has 3 heterocycles. The van der Waals surface area contributed by atoms with Crippen LogP contribution in [0.4, 0.5) is 0 Å². The van der Waals surface area contributed by atoms with Crippen molar-refractivity contribution >= 4 is 5.91 Å². The summed E-state index contributed by atoms with van der Waals surface area (Å²) in [6, 6.07) is 11.0. The molecule has 2 aromatic rings. The van der Waals surface area contributed by atoms with Crippen molar-refractivity contribution in [2.24, 2.45) is 0 Å². The predicted molar refractivity (Wildman–Crippen MR) is 109 cm³/mol. The van der Waals surface area contributed by atoms with E-state index in [0.717, 1.165) is 18.5 Å². The third kappa shape index (κ3) is 4.07. The first-order chi connectivity index (χ1) is 14.3. The van der Waals surface area contributed by atoms with Crippen molar-refractivity contribution in [3.8, 4) is 11.5 Å². The lowest BCUT2D eigenvalue weighted by Gasteiger charge is -2.36. The van der Waals surface area contributed by atoms with Crippen molar-refractivity contribution in [3.05, 3.63) is 36.2 Å². The summed E-state index contributed by atoms with van der Waals surface area (Å²) in [7, 11) is 0. The number of benzene rings is 1. The standard InChI is InChI=1S/C22H29N5O2/c28-21-19-11-17(24-16-9-5-2-6-10-16)14-27(19)18(13-23-21)12-20-25-26-22(29-20)15-7-3-1-4-8-15/h1,3-4,7-8,16-19,24H,2,5-6,9-14H2,(H,23,28)/t17-,18+,19-/m0/s1. The molecule has 1 aromatic carbocycles. The van der Waals surface area contributed by atoms with Gasteiger partial charge in [0.15, 0.2) is 0 Å². The molecule has 5 rings (SSSR count). The summed E-state index contributed by atoms with van der Waals surface area (Å²) >= 11 is 0. The molecule has 0 unspecified atom stereocenters. The molecule has 154 valence electrons. The largest absolute Gasteiger partial charge is 0.421 e. The highest BCUT2D eigenvalue weighted by Crippen LogP contribution is 2.28. The van der Waals surface area contributed by atoms with Gasteiger partial charge in [-0.05, 0) is 31.4 Å². The van der Waals surface area contributed by atoms with E-state index in [4.69, 9.17) is 4.42 Å². The first-order valence-corrected chi connectivity index (χ1v) is 10.9. The van der Waals surface area contributed by atoms with E-state index in [9.17, 15) is 4.79 Å². The van der Waals surface area contributed by atoms with Crippen LogP contribution in [0.15, 0.2) is 34.7 Å². The van der Waals surface area contributed by atoms with Gasteiger partial charge in [0.05, 0.1) is 6.04 Å². The van der Waals surface area contributed by atoms with E-state index in [0.29, 0.717) is 36.8 Å². The molecule has 7 heteroatoms. The zero-order valence-electron chi connectivity index (χ0n) is 16.7. The maximum absolute atomic E-state index is 12.5. The molecule has 1 amide bonds. The number of carbonyl (C=O) groups excluding carboxylic acids is 1. The fraction of sp³-hybridized carbons (Fsp3) is 0.591. The van der Waals surface area contributed by atoms with Crippen LogP contribution in [-0.2, 0) is 11.2 Å². The van der Waals surface area contributed by atoms with Crippen molar-refractivity contribution in [2.45, 2.75) is 69.1 Å². The number of nitrogens with one attached hydrogen (secondary N) is 2. The van der Waals surface area contributed by atoms with Gasteiger partial charge in [-0.25, -0.2) is 0 Å².